The molecule has 0 saturated carbocycles. The summed E-state index contributed by atoms with van der Waals surface area (Å²) in [6.07, 6.45) is 5.04. The second-order valence-corrected chi connectivity index (χ2v) is 5.29. The summed E-state index contributed by atoms with van der Waals surface area (Å²) in [4.78, 5) is 14.2. The molecule has 1 fully saturated rings. The third-order valence-electron chi connectivity index (χ3n) is 3.47. The van der Waals surface area contributed by atoms with Crippen molar-refractivity contribution in [2.75, 3.05) is 30.7 Å². The van der Waals surface area contributed by atoms with Gasteiger partial charge in [0.1, 0.15) is 0 Å². The van der Waals surface area contributed by atoms with Gasteiger partial charge in [-0.3, -0.25) is 0 Å². The van der Waals surface area contributed by atoms with Gasteiger partial charge in [-0.1, -0.05) is 6.42 Å². The van der Waals surface area contributed by atoms with Gasteiger partial charge in [-0.25, -0.2) is 0 Å². The van der Waals surface area contributed by atoms with Gasteiger partial charge in [0.15, 0.2) is 0 Å². The summed E-state index contributed by atoms with van der Waals surface area (Å²) >= 11 is 5.71. The molecule has 1 aromatic rings. The van der Waals surface area contributed by atoms with Crippen LogP contribution in [0.1, 0.15) is 32.6 Å². The maximum atomic E-state index is 5.71. The Hall–Kier alpha value is -1.14. The first-order valence-corrected chi connectivity index (χ1v) is 7.18. The molecule has 1 saturated heterocycles. The van der Waals surface area contributed by atoms with Crippen LogP contribution in [0.15, 0.2) is 0 Å². The van der Waals surface area contributed by atoms with E-state index in [0.29, 0.717) is 12.0 Å². The van der Waals surface area contributed by atoms with Gasteiger partial charge in [-0.05, 0) is 44.3 Å². The second-order valence-electron chi connectivity index (χ2n) is 4.95. The summed E-state index contributed by atoms with van der Waals surface area (Å²) in [7, 11) is 0. The molecule has 1 aromatic heterocycles. The van der Waals surface area contributed by atoms with Crippen molar-refractivity contribution in [3.8, 4) is 0 Å². The number of hydrogen-bond acceptors (Lipinski definition) is 6. The fraction of sp³-hybridized carbons (Fsp3) is 0.750. The molecule has 1 aliphatic heterocycles. The lowest BCUT2D eigenvalue weighted by Gasteiger charge is -2.33. The highest BCUT2D eigenvalue weighted by Gasteiger charge is 2.17. The van der Waals surface area contributed by atoms with E-state index in [-0.39, 0.29) is 11.2 Å². The molecule has 1 unspecified atom stereocenters. The number of nitrogens with zero attached hydrogens (tertiary/aromatic N) is 4. The van der Waals surface area contributed by atoms with Gasteiger partial charge in [0.2, 0.25) is 17.2 Å². The van der Waals surface area contributed by atoms with Crippen LogP contribution in [-0.2, 0) is 0 Å². The molecule has 0 bridgehead atoms. The standard InChI is InChI=1S/C12H21ClN6/c1-9-5-2-3-7-19(9)8-4-6-15-12-17-10(13)16-11(14)18-12/h9H,2-8H2,1H3,(H3,14,15,16,17,18). The molecule has 1 aliphatic rings. The topological polar surface area (TPSA) is 80.0 Å². The summed E-state index contributed by atoms with van der Waals surface area (Å²) in [6.45, 7) is 5.43. The Morgan fingerprint density at radius 1 is 1.37 bits per heavy atom. The van der Waals surface area contributed by atoms with Crippen molar-refractivity contribution in [3.05, 3.63) is 5.28 Å². The minimum absolute atomic E-state index is 0.125. The van der Waals surface area contributed by atoms with Crippen molar-refractivity contribution >= 4 is 23.5 Å². The highest BCUT2D eigenvalue weighted by Crippen LogP contribution is 2.16. The SMILES string of the molecule is CC1CCCCN1CCCNc1nc(N)nc(Cl)n1. The zero-order valence-corrected chi connectivity index (χ0v) is 12.0. The molecular formula is C12H21ClN6. The molecule has 6 nitrogen and oxygen atoms in total. The average molecular weight is 285 g/mol. The van der Waals surface area contributed by atoms with Crippen molar-refractivity contribution in [2.45, 2.75) is 38.6 Å². The van der Waals surface area contributed by atoms with Crippen molar-refractivity contribution in [3.63, 3.8) is 0 Å². The number of nitrogens with two attached hydrogens (primary N) is 1. The molecule has 0 aliphatic carbocycles. The van der Waals surface area contributed by atoms with Gasteiger partial charge in [0.05, 0.1) is 0 Å². The lowest BCUT2D eigenvalue weighted by atomic mass is 10.0. The normalized spacial score (nSPS) is 20.4. The molecular weight excluding hydrogens is 264 g/mol. The number of hydrogen-bond donors (Lipinski definition) is 2. The first-order valence-electron chi connectivity index (χ1n) is 6.80. The first-order chi connectivity index (χ1) is 9.15. The largest absolute Gasteiger partial charge is 0.368 e. The van der Waals surface area contributed by atoms with E-state index in [0.717, 1.165) is 19.5 Å². The van der Waals surface area contributed by atoms with Crippen molar-refractivity contribution < 1.29 is 0 Å². The fourth-order valence-electron chi connectivity index (χ4n) is 2.42. The Morgan fingerprint density at radius 2 is 2.21 bits per heavy atom. The van der Waals surface area contributed by atoms with Crippen LogP contribution < -0.4 is 11.1 Å². The van der Waals surface area contributed by atoms with Gasteiger partial charge in [0, 0.05) is 19.1 Å². The van der Waals surface area contributed by atoms with Crippen molar-refractivity contribution in [1.29, 1.82) is 0 Å². The van der Waals surface area contributed by atoms with E-state index in [2.05, 4.69) is 32.1 Å². The van der Waals surface area contributed by atoms with Crippen molar-refractivity contribution in [1.82, 2.24) is 19.9 Å². The third-order valence-corrected chi connectivity index (χ3v) is 3.64. The minimum atomic E-state index is 0.125. The number of halogens is 1. The van der Waals surface area contributed by atoms with E-state index in [1.165, 1.54) is 25.8 Å². The molecule has 2 rings (SSSR count). The van der Waals surface area contributed by atoms with Crippen LogP contribution in [0, 0.1) is 0 Å². The number of nitrogen functional groups attached to an aromatic ring is 1. The predicted octanol–water partition coefficient (Wildman–Crippen LogP) is 1.78. The van der Waals surface area contributed by atoms with E-state index in [4.69, 9.17) is 17.3 Å². The maximum absolute atomic E-state index is 5.71. The van der Waals surface area contributed by atoms with E-state index in [9.17, 15) is 0 Å². The zero-order chi connectivity index (χ0) is 13.7. The molecule has 19 heavy (non-hydrogen) atoms. The average Bonchev–Trinajstić information content (AvgIpc) is 2.35. The lowest BCUT2D eigenvalue weighted by Crippen LogP contribution is -2.38. The maximum Gasteiger partial charge on any atom is 0.228 e. The lowest BCUT2D eigenvalue weighted by molar-refractivity contribution is 0.160. The fourth-order valence-corrected chi connectivity index (χ4v) is 2.58. The monoisotopic (exact) mass is 284 g/mol. The molecule has 7 heteroatoms. The van der Waals surface area contributed by atoms with Crippen LogP contribution >= 0.6 is 11.6 Å². The number of rotatable bonds is 5. The highest BCUT2D eigenvalue weighted by molar-refractivity contribution is 6.28. The second kappa shape index (κ2) is 6.86. The van der Waals surface area contributed by atoms with E-state index in [1.807, 2.05) is 0 Å². The Morgan fingerprint density at radius 3 is 2.95 bits per heavy atom. The summed E-state index contributed by atoms with van der Waals surface area (Å²) in [5.74, 6) is 0.594. The van der Waals surface area contributed by atoms with Crippen LogP contribution in [0.5, 0.6) is 0 Å². The van der Waals surface area contributed by atoms with Gasteiger partial charge in [-0.2, -0.15) is 15.0 Å². The van der Waals surface area contributed by atoms with Gasteiger partial charge >= 0.3 is 0 Å². The van der Waals surface area contributed by atoms with Gasteiger partial charge < -0.3 is 16.0 Å². The van der Waals surface area contributed by atoms with Crippen LogP contribution in [0.2, 0.25) is 5.28 Å². The highest BCUT2D eigenvalue weighted by atomic mass is 35.5. The molecule has 0 amide bonds. The minimum Gasteiger partial charge on any atom is -0.368 e. The van der Waals surface area contributed by atoms with E-state index >= 15 is 0 Å². The van der Waals surface area contributed by atoms with Crippen LogP contribution in [-0.4, -0.2) is 45.5 Å². The molecule has 106 valence electrons. The zero-order valence-electron chi connectivity index (χ0n) is 11.3. The number of likely N-dealkylation sites (tertiary alicyclic amines) is 1. The van der Waals surface area contributed by atoms with E-state index in [1.54, 1.807) is 0 Å². The van der Waals surface area contributed by atoms with Gasteiger partial charge in [-0.15, -0.1) is 0 Å². The summed E-state index contributed by atoms with van der Waals surface area (Å²) in [6, 6.07) is 0.705. The van der Waals surface area contributed by atoms with E-state index < -0.39 is 0 Å². The van der Waals surface area contributed by atoms with Crippen LogP contribution in [0.4, 0.5) is 11.9 Å². The Kier molecular flexibility index (Phi) is 5.15. The quantitative estimate of drug-likeness (QED) is 0.803. The molecule has 0 aromatic carbocycles. The molecule has 2 heterocycles. The molecule has 1 atom stereocenters. The Bertz CT molecular complexity index is 393. The summed E-state index contributed by atoms with van der Waals surface area (Å²) < 4.78 is 0. The molecule has 3 N–H and O–H groups in total. The Labute approximate surface area is 118 Å². The summed E-state index contributed by atoms with van der Waals surface area (Å²) in [5.41, 5.74) is 5.50. The van der Waals surface area contributed by atoms with Crippen LogP contribution in [0.3, 0.4) is 0 Å². The molecule has 0 spiro atoms. The first kappa shape index (κ1) is 14.3. The molecule has 0 radical (unpaired) electrons. The van der Waals surface area contributed by atoms with Gasteiger partial charge in [0.25, 0.3) is 0 Å². The number of nitrogens with one attached hydrogen (secondary N) is 1. The Balaban J connectivity index is 1.71. The third kappa shape index (κ3) is 4.47. The predicted molar refractivity (Wildman–Crippen MR) is 77.2 cm³/mol. The van der Waals surface area contributed by atoms with Crippen molar-refractivity contribution in [2.24, 2.45) is 0 Å². The number of aromatic nitrogens is 3. The number of piperidine rings is 1. The number of anilines is 2. The van der Waals surface area contributed by atoms with Crippen LogP contribution in [0.25, 0.3) is 0 Å². The summed E-state index contributed by atoms with van der Waals surface area (Å²) in [5, 5.41) is 3.25. The smallest absolute Gasteiger partial charge is 0.228 e.